The first-order valence-electron chi connectivity index (χ1n) is 11.4. The van der Waals surface area contributed by atoms with Crippen LogP contribution >= 0.6 is 11.6 Å². The van der Waals surface area contributed by atoms with Crippen LogP contribution in [0.5, 0.6) is 5.75 Å². The van der Waals surface area contributed by atoms with Crippen molar-refractivity contribution in [1.29, 1.82) is 0 Å². The highest BCUT2D eigenvalue weighted by Gasteiger charge is 2.28. The molecule has 1 aromatic carbocycles. The fourth-order valence-corrected chi connectivity index (χ4v) is 4.64. The molecule has 1 fully saturated rings. The summed E-state index contributed by atoms with van der Waals surface area (Å²) < 4.78 is 11.3. The number of methoxy groups -OCH3 is 1. The fraction of sp³-hybridized carbons (Fsp3) is 0.308. The first-order chi connectivity index (χ1) is 17.0. The summed E-state index contributed by atoms with van der Waals surface area (Å²) >= 11 is 6.36. The van der Waals surface area contributed by atoms with Crippen molar-refractivity contribution < 1.29 is 14.3 Å². The third-order valence-corrected chi connectivity index (χ3v) is 6.42. The number of pyridine rings is 1. The molecule has 1 atom stereocenters. The molecule has 2 aliphatic heterocycles. The number of likely N-dealkylation sites (N-methyl/N-ethyl adjacent to an activating group) is 1. The lowest BCUT2D eigenvalue weighted by molar-refractivity contribution is 0.0121. The first kappa shape index (κ1) is 23.2. The van der Waals surface area contributed by atoms with Crippen LogP contribution in [0.25, 0.3) is 11.3 Å². The fourth-order valence-electron chi connectivity index (χ4n) is 4.39. The topological polar surface area (TPSA) is 91.5 Å². The van der Waals surface area contributed by atoms with Gasteiger partial charge in [-0.3, -0.25) is 9.78 Å². The number of anilines is 2. The maximum Gasteiger partial charge on any atom is 0.255 e. The molecule has 0 aliphatic carbocycles. The Morgan fingerprint density at radius 3 is 3.06 bits per heavy atom. The standard InChI is InChI=1S/C26H26ClN5O3/c1-32-12-13-35-17(15-32)7-6-16-14-28-10-8-18(16)23-24(22-20(30-23)9-11-29-26(22)33)31-21-5-3-4-19(27)25(21)34-2/h3-5,8,10,14,17,30-31H,9,11-13,15H2,1-2H3,(H,29,33)/t17-/m0/s1. The zero-order valence-electron chi connectivity index (χ0n) is 19.6. The van der Waals surface area contributed by atoms with Crippen molar-refractivity contribution in [2.45, 2.75) is 12.5 Å². The molecule has 1 amide bonds. The number of carbonyl (C=O) groups excluding carboxylic acids is 1. The van der Waals surface area contributed by atoms with E-state index in [0.717, 1.165) is 35.6 Å². The first-order valence-corrected chi connectivity index (χ1v) is 11.8. The van der Waals surface area contributed by atoms with Crippen LogP contribution in [0.2, 0.25) is 5.02 Å². The molecular formula is C26H26ClN5O3. The number of aromatic amines is 1. The van der Waals surface area contributed by atoms with E-state index in [0.29, 0.717) is 47.3 Å². The normalized spacial score (nSPS) is 17.7. The van der Waals surface area contributed by atoms with Gasteiger partial charge in [0.2, 0.25) is 0 Å². The lowest BCUT2D eigenvalue weighted by atomic mass is 10.0. The van der Waals surface area contributed by atoms with Crippen molar-refractivity contribution in [3.8, 4) is 28.8 Å². The summed E-state index contributed by atoms with van der Waals surface area (Å²) in [5, 5.41) is 6.82. The Balaban J connectivity index is 1.61. The second-order valence-corrected chi connectivity index (χ2v) is 8.90. The van der Waals surface area contributed by atoms with Gasteiger partial charge in [0.05, 0.1) is 46.9 Å². The summed E-state index contributed by atoms with van der Waals surface area (Å²) in [6, 6.07) is 7.34. The van der Waals surface area contributed by atoms with Gasteiger partial charge in [0.15, 0.2) is 5.75 Å². The number of H-pyrrole nitrogens is 1. The Morgan fingerprint density at radius 1 is 1.34 bits per heavy atom. The molecular weight excluding hydrogens is 466 g/mol. The van der Waals surface area contributed by atoms with E-state index in [-0.39, 0.29) is 12.0 Å². The number of amides is 1. The van der Waals surface area contributed by atoms with Gasteiger partial charge in [-0.15, -0.1) is 0 Å². The number of benzene rings is 1. The Hall–Kier alpha value is -3.51. The van der Waals surface area contributed by atoms with Crippen molar-refractivity contribution in [2.24, 2.45) is 0 Å². The van der Waals surface area contributed by atoms with E-state index in [9.17, 15) is 4.79 Å². The number of aromatic nitrogens is 2. The second kappa shape index (κ2) is 10.0. The van der Waals surface area contributed by atoms with Crippen molar-refractivity contribution >= 4 is 28.9 Å². The molecule has 2 aromatic heterocycles. The monoisotopic (exact) mass is 491 g/mol. The maximum absolute atomic E-state index is 12.9. The predicted octanol–water partition coefficient (Wildman–Crippen LogP) is 3.45. The quantitative estimate of drug-likeness (QED) is 0.484. The minimum absolute atomic E-state index is 0.141. The number of hydrogen-bond donors (Lipinski definition) is 3. The minimum atomic E-state index is -0.169. The van der Waals surface area contributed by atoms with E-state index >= 15 is 0 Å². The van der Waals surface area contributed by atoms with Gasteiger partial charge in [-0.05, 0) is 25.2 Å². The molecule has 0 bridgehead atoms. The largest absolute Gasteiger partial charge is 0.493 e. The number of morpholine rings is 1. The van der Waals surface area contributed by atoms with E-state index < -0.39 is 0 Å². The second-order valence-electron chi connectivity index (χ2n) is 8.49. The smallest absolute Gasteiger partial charge is 0.255 e. The number of halogens is 1. The number of ether oxygens (including phenoxy) is 2. The molecule has 3 N–H and O–H groups in total. The molecule has 4 heterocycles. The molecule has 0 spiro atoms. The summed E-state index contributed by atoms with van der Waals surface area (Å²) in [7, 11) is 3.62. The van der Waals surface area contributed by atoms with Gasteiger partial charge in [-0.25, -0.2) is 0 Å². The highest BCUT2D eigenvalue weighted by atomic mass is 35.5. The van der Waals surface area contributed by atoms with Crippen molar-refractivity contribution in [2.75, 3.05) is 45.7 Å². The third kappa shape index (κ3) is 4.71. The Labute approximate surface area is 209 Å². The van der Waals surface area contributed by atoms with Gasteiger partial charge in [-0.1, -0.05) is 29.5 Å². The summed E-state index contributed by atoms with van der Waals surface area (Å²) in [5.74, 6) is 6.86. The van der Waals surface area contributed by atoms with Crippen LogP contribution in [0.3, 0.4) is 0 Å². The SMILES string of the molecule is COc1c(Cl)cccc1Nc1c(-c2ccncc2C#C[C@H]2CN(C)CCO2)[nH]c2c1C(=O)NCC2. The van der Waals surface area contributed by atoms with Gasteiger partial charge in [0.1, 0.15) is 6.10 Å². The van der Waals surface area contributed by atoms with Gasteiger partial charge in [0.25, 0.3) is 5.91 Å². The van der Waals surface area contributed by atoms with Crippen LogP contribution in [0.4, 0.5) is 11.4 Å². The molecule has 2 aliphatic rings. The zero-order chi connectivity index (χ0) is 24.4. The van der Waals surface area contributed by atoms with Gasteiger partial charge < -0.3 is 30.0 Å². The lowest BCUT2D eigenvalue weighted by Gasteiger charge is -2.26. The van der Waals surface area contributed by atoms with Crippen molar-refractivity contribution in [1.82, 2.24) is 20.2 Å². The zero-order valence-corrected chi connectivity index (χ0v) is 20.3. The molecule has 3 aromatic rings. The van der Waals surface area contributed by atoms with Crippen LogP contribution in [0.1, 0.15) is 21.6 Å². The van der Waals surface area contributed by atoms with E-state index in [1.807, 2.05) is 18.2 Å². The number of nitrogens with zero attached hydrogens (tertiary/aromatic N) is 2. The number of hydrogen-bond acceptors (Lipinski definition) is 6. The van der Waals surface area contributed by atoms with E-state index in [2.05, 4.69) is 44.4 Å². The Morgan fingerprint density at radius 2 is 2.23 bits per heavy atom. The molecule has 0 unspecified atom stereocenters. The van der Waals surface area contributed by atoms with Crippen molar-refractivity contribution in [3.63, 3.8) is 0 Å². The van der Waals surface area contributed by atoms with Crippen LogP contribution < -0.4 is 15.4 Å². The highest BCUT2D eigenvalue weighted by Crippen LogP contribution is 2.41. The third-order valence-electron chi connectivity index (χ3n) is 6.12. The summed E-state index contributed by atoms with van der Waals surface area (Å²) in [5.41, 5.74) is 5.05. The molecule has 0 radical (unpaired) electrons. The maximum atomic E-state index is 12.9. The number of fused-ring (bicyclic) bond motifs is 1. The van der Waals surface area contributed by atoms with Gasteiger partial charge in [-0.2, -0.15) is 0 Å². The Bertz CT molecular complexity index is 1330. The molecule has 180 valence electrons. The summed E-state index contributed by atoms with van der Waals surface area (Å²) in [6.07, 6.45) is 3.97. The molecule has 35 heavy (non-hydrogen) atoms. The molecule has 0 saturated carbocycles. The van der Waals surface area contributed by atoms with Crippen molar-refractivity contribution in [3.05, 3.63) is 58.5 Å². The molecule has 5 rings (SSSR count). The number of para-hydroxylation sites is 1. The summed E-state index contributed by atoms with van der Waals surface area (Å²) in [4.78, 5) is 22.9. The number of carbonyl (C=O) groups is 1. The lowest BCUT2D eigenvalue weighted by Crippen LogP contribution is -2.39. The minimum Gasteiger partial charge on any atom is -0.493 e. The van der Waals surface area contributed by atoms with Crippen LogP contribution in [-0.4, -0.2) is 67.3 Å². The average Bonchev–Trinajstić information content (AvgIpc) is 3.22. The molecule has 1 saturated heterocycles. The summed E-state index contributed by atoms with van der Waals surface area (Å²) in [6.45, 7) is 2.88. The van der Waals surface area contributed by atoms with Crippen LogP contribution in [-0.2, 0) is 11.2 Å². The van der Waals surface area contributed by atoms with Crippen LogP contribution in [0, 0.1) is 11.8 Å². The predicted molar refractivity (Wildman–Crippen MR) is 135 cm³/mol. The average molecular weight is 492 g/mol. The number of rotatable bonds is 4. The number of nitrogens with one attached hydrogen (secondary N) is 3. The Kier molecular flexibility index (Phi) is 6.64. The van der Waals surface area contributed by atoms with E-state index in [1.54, 1.807) is 25.6 Å². The highest BCUT2D eigenvalue weighted by molar-refractivity contribution is 6.32. The van der Waals surface area contributed by atoms with E-state index in [1.165, 1.54) is 0 Å². The van der Waals surface area contributed by atoms with Gasteiger partial charge >= 0.3 is 0 Å². The van der Waals surface area contributed by atoms with Gasteiger partial charge in [0, 0.05) is 49.7 Å². The van der Waals surface area contributed by atoms with Crippen LogP contribution in [0.15, 0.2) is 36.7 Å². The van der Waals surface area contributed by atoms with E-state index in [4.69, 9.17) is 21.1 Å². The molecule has 9 heteroatoms. The molecule has 8 nitrogen and oxygen atoms in total.